The van der Waals surface area contributed by atoms with Gasteiger partial charge in [-0.2, -0.15) is 0 Å². The molecule has 2 aromatic rings. The van der Waals surface area contributed by atoms with E-state index in [-0.39, 0.29) is 11.7 Å². The number of rotatable bonds is 0. The van der Waals surface area contributed by atoms with Crippen molar-refractivity contribution < 1.29 is 5.79 Å². The Morgan fingerprint density at radius 3 is 3.08 bits per heavy atom. The van der Waals surface area contributed by atoms with E-state index in [2.05, 4.69) is 0 Å². The van der Waals surface area contributed by atoms with Gasteiger partial charge >= 0.3 is 0 Å². The van der Waals surface area contributed by atoms with Crippen LogP contribution < -0.4 is 11.2 Å². The van der Waals surface area contributed by atoms with Gasteiger partial charge in [0, 0.05) is 6.07 Å². The van der Waals surface area contributed by atoms with Crippen molar-refractivity contribution in [2.45, 2.75) is 0 Å². The van der Waals surface area contributed by atoms with E-state index >= 15 is 0 Å². The first-order valence-corrected chi connectivity index (χ1v) is 3.47. The predicted molar refractivity (Wildman–Crippen MR) is 46.9 cm³/mol. The molecule has 12 heavy (non-hydrogen) atoms. The van der Waals surface area contributed by atoms with Crippen molar-refractivity contribution in [3.05, 3.63) is 40.7 Å². The molecule has 0 saturated carbocycles. The number of para-hydroxylation sites is 1. The third kappa shape index (κ3) is 0.871. The molecular formula is C9H7NO2. The van der Waals surface area contributed by atoms with Gasteiger partial charge in [0.25, 0.3) is 0 Å². The molecule has 0 amide bonds. The average Bonchev–Trinajstić information content (AvgIpc) is 2.07. The van der Waals surface area contributed by atoms with Gasteiger partial charge in [-0.05, 0) is 12.1 Å². The second kappa shape index (κ2) is 2.37. The lowest BCUT2D eigenvalue weighted by atomic mass is 10.2. The molecule has 2 rings (SSSR count). The molecule has 0 radical (unpaired) electrons. The summed E-state index contributed by atoms with van der Waals surface area (Å²) in [5.41, 5.74) is 6.01. The highest BCUT2D eigenvalue weighted by Gasteiger charge is 2.00. The highest BCUT2D eigenvalue weighted by atomic mass is 16.3. The molecule has 60 valence electrons. The van der Waals surface area contributed by atoms with Gasteiger partial charge in [0.05, 0.1) is 17.3 Å². The molecule has 0 aliphatic rings. The number of hydrogen-bond acceptors (Lipinski definition) is 3. The van der Waals surface area contributed by atoms with Gasteiger partial charge in [-0.3, -0.25) is 4.79 Å². The van der Waals surface area contributed by atoms with Crippen molar-refractivity contribution in [1.29, 1.82) is 0 Å². The Morgan fingerprint density at radius 2 is 2.25 bits per heavy atom. The second-order valence-corrected chi connectivity index (χ2v) is 2.45. The molecule has 1 aromatic carbocycles. The van der Waals surface area contributed by atoms with Crippen molar-refractivity contribution >= 4 is 16.7 Å². The van der Waals surface area contributed by atoms with Crippen molar-refractivity contribution in [3.8, 4) is 0 Å². The highest BCUT2D eigenvalue weighted by Crippen LogP contribution is 2.16. The monoisotopic (exact) mass is 162 g/mol. The van der Waals surface area contributed by atoms with Crippen molar-refractivity contribution in [2.75, 3.05) is 5.73 Å². The van der Waals surface area contributed by atoms with Crippen molar-refractivity contribution in [1.82, 2.24) is 0 Å². The SMILES string of the molecule is [2H]c1cc(=O)c2cccc(N)c2o1. The Kier molecular flexibility index (Phi) is 1.15. The maximum absolute atomic E-state index is 11.3. The van der Waals surface area contributed by atoms with E-state index in [1.807, 2.05) is 0 Å². The van der Waals surface area contributed by atoms with Gasteiger partial charge in [0.2, 0.25) is 0 Å². The van der Waals surface area contributed by atoms with E-state index in [9.17, 15) is 4.79 Å². The van der Waals surface area contributed by atoms with Crippen molar-refractivity contribution in [3.63, 3.8) is 0 Å². The first kappa shape index (κ1) is 5.83. The number of benzene rings is 1. The zero-order chi connectivity index (χ0) is 9.42. The van der Waals surface area contributed by atoms with Gasteiger partial charge in [0.15, 0.2) is 11.0 Å². The molecule has 2 N–H and O–H groups in total. The summed E-state index contributed by atoms with van der Waals surface area (Å²) < 4.78 is 12.2. The predicted octanol–water partition coefficient (Wildman–Crippen LogP) is 1.38. The largest absolute Gasteiger partial charge is 0.462 e. The lowest BCUT2D eigenvalue weighted by Gasteiger charge is -1.97. The Balaban J connectivity index is 3.03. The number of anilines is 1. The summed E-state index contributed by atoms with van der Waals surface area (Å²) in [6.07, 6.45) is -0.171. The van der Waals surface area contributed by atoms with Crippen LogP contribution in [0.25, 0.3) is 11.0 Å². The van der Waals surface area contributed by atoms with E-state index in [1.54, 1.807) is 18.2 Å². The third-order valence-corrected chi connectivity index (χ3v) is 1.66. The van der Waals surface area contributed by atoms with Gasteiger partial charge in [-0.15, -0.1) is 0 Å². The smallest absolute Gasteiger partial charge is 0.192 e. The summed E-state index contributed by atoms with van der Waals surface area (Å²) in [5, 5.41) is 0.413. The maximum Gasteiger partial charge on any atom is 0.192 e. The van der Waals surface area contributed by atoms with Crippen LogP contribution in [-0.2, 0) is 0 Å². The van der Waals surface area contributed by atoms with Crippen LogP contribution in [-0.4, -0.2) is 0 Å². The minimum Gasteiger partial charge on any atom is -0.462 e. The molecule has 3 nitrogen and oxygen atoms in total. The number of fused-ring (bicyclic) bond motifs is 1. The Labute approximate surface area is 69.8 Å². The topological polar surface area (TPSA) is 56.2 Å². The normalized spacial score (nSPS) is 11.5. The molecule has 0 atom stereocenters. The van der Waals surface area contributed by atoms with Gasteiger partial charge in [-0.1, -0.05) is 6.07 Å². The lowest BCUT2D eigenvalue weighted by Crippen LogP contribution is -1.99. The number of nitrogens with two attached hydrogens (primary N) is 1. The van der Waals surface area contributed by atoms with Crippen LogP contribution in [0, 0.1) is 0 Å². The molecule has 0 fully saturated rings. The van der Waals surface area contributed by atoms with Crippen molar-refractivity contribution in [2.24, 2.45) is 0 Å². The van der Waals surface area contributed by atoms with Crippen LogP contribution in [0.5, 0.6) is 0 Å². The number of hydrogen-bond donors (Lipinski definition) is 1. The zero-order valence-corrected chi connectivity index (χ0v) is 6.20. The van der Waals surface area contributed by atoms with E-state index < -0.39 is 0 Å². The summed E-state index contributed by atoms with van der Waals surface area (Å²) in [5.74, 6) is 0. The quantitative estimate of drug-likeness (QED) is 0.595. The Hall–Kier alpha value is -1.77. The molecule has 0 spiro atoms. The molecule has 0 aliphatic heterocycles. The summed E-state index contributed by atoms with van der Waals surface area (Å²) >= 11 is 0. The zero-order valence-electron chi connectivity index (χ0n) is 7.20. The van der Waals surface area contributed by atoms with Gasteiger partial charge in [-0.25, -0.2) is 0 Å². The van der Waals surface area contributed by atoms with Gasteiger partial charge < -0.3 is 10.2 Å². The standard InChI is InChI=1S/C9H7NO2/c10-7-3-1-2-6-8(11)4-5-12-9(6)7/h1-5H,10H2/i5D. The minimum absolute atomic E-state index is 0.171. The first-order valence-electron chi connectivity index (χ1n) is 3.97. The molecule has 1 aromatic heterocycles. The molecule has 1 heterocycles. The van der Waals surface area contributed by atoms with E-state index in [0.717, 1.165) is 6.07 Å². The Morgan fingerprint density at radius 1 is 1.42 bits per heavy atom. The van der Waals surface area contributed by atoms with Crippen LogP contribution in [0.3, 0.4) is 0 Å². The fourth-order valence-corrected chi connectivity index (χ4v) is 1.08. The first-order chi connectivity index (χ1) is 6.18. The van der Waals surface area contributed by atoms with E-state index in [1.165, 1.54) is 0 Å². The van der Waals surface area contributed by atoms with Crippen LogP contribution in [0.2, 0.25) is 0 Å². The molecule has 0 bridgehead atoms. The van der Waals surface area contributed by atoms with Crippen LogP contribution in [0.4, 0.5) is 5.69 Å². The molecule has 0 unspecified atom stereocenters. The fourth-order valence-electron chi connectivity index (χ4n) is 1.08. The molecular weight excluding hydrogens is 154 g/mol. The molecule has 0 saturated heterocycles. The van der Waals surface area contributed by atoms with Crippen LogP contribution in [0.15, 0.2) is 39.7 Å². The van der Waals surface area contributed by atoms with Crippen LogP contribution in [0.1, 0.15) is 1.37 Å². The number of nitrogen functional groups attached to an aromatic ring is 1. The second-order valence-electron chi connectivity index (χ2n) is 2.45. The summed E-state index contributed by atoms with van der Waals surface area (Å²) in [4.78, 5) is 11.3. The average molecular weight is 162 g/mol. The van der Waals surface area contributed by atoms with E-state index in [4.69, 9.17) is 11.5 Å². The maximum atomic E-state index is 11.3. The fraction of sp³-hybridized carbons (Fsp3) is 0. The molecule has 0 aliphatic carbocycles. The summed E-state index contributed by atoms with van der Waals surface area (Å²) in [6, 6.07) is 6.06. The lowest BCUT2D eigenvalue weighted by molar-refractivity contribution is 0.604. The summed E-state index contributed by atoms with van der Waals surface area (Å²) in [7, 11) is 0. The summed E-state index contributed by atoms with van der Waals surface area (Å²) in [6.45, 7) is 0. The van der Waals surface area contributed by atoms with Crippen LogP contribution >= 0.6 is 0 Å². The Bertz CT molecular complexity index is 518. The van der Waals surface area contributed by atoms with Gasteiger partial charge in [0.1, 0.15) is 1.37 Å². The highest BCUT2D eigenvalue weighted by molar-refractivity contribution is 5.86. The minimum atomic E-state index is -0.237. The van der Waals surface area contributed by atoms with E-state index in [0.29, 0.717) is 16.7 Å². The molecule has 3 heteroatoms. The third-order valence-electron chi connectivity index (χ3n) is 1.66.